The Labute approximate surface area is 141 Å². The van der Waals surface area contributed by atoms with Gasteiger partial charge in [-0.1, -0.05) is 17.7 Å². The lowest BCUT2D eigenvalue weighted by Gasteiger charge is -2.13. The van der Waals surface area contributed by atoms with Gasteiger partial charge in [0.2, 0.25) is 0 Å². The van der Waals surface area contributed by atoms with Gasteiger partial charge in [-0.05, 0) is 44.5 Å². The van der Waals surface area contributed by atoms with E-state index in [1.54, 1.807) is 18.2 Å². The fraction of sp³-hybridized carbons (Fsp3) is 0.263. The summed E-state index contributed by atoms with van der Waals surface area (Å²) in [5.74, 6) is 0.635. The van der Waals surface area contributed by atoms with Crippen molar-refractivity contribution in [1.29, 1.82) is 5.26 Å². The van der Waals surface area contributed by atoms with E-state index in [0.29, 0.717) is 23.7 Å². The molecule has 0 aliphatic carbocycles. The highest BCUT2D eigenvalue weighted by atomic mass is 16.5. The van der Waals surface area contributed by atoms with Crippen molar-refractivity contribution in [2.45, 2.75) is 20.8 Å². The summed E-state index contributed by atoms with van der Waals surface area (Å²) in [4.78, 5) is 12.1. The number of anilines is 1. The molecule has 1 amide bonds. The quantitative estimate of drug-likeness (QED) is 0.881. The minimum Gasteiger partial charge on any atom is -0.490 e. The van der Waals surface area contributed by atoms with Crippen LogP contribution in [-0.4, -0.2) is 19.1 Å². The Morgan fingerprint density at radius 3 is 2.58 bits per heavy atom. The van der Waals surface area contributed by atoms with Crippen LogP contribution < -0.4 is 14.8 Å². The molecule has 0 fully saturated rings. The van der Waals surface area contributed by atoms with E-state index in [2.05, 4.69) is 5.32 Å². The maximum absolute atomic E-state index is 12.1. The van der Waals surface area contributed by atoms with E-state index >= 15 is 0 Å². The van der Waals surface area contributed by atoms with E-state index in [-0.39, 0.29) is 12.5 Å². The van der Waals surface area contributed by atoms with Gasteiger partial charge in [-0.2, -0.15) is 5.26 Å². The maximum atomic E-state index is 12.1. The van der Waals surface area contributed by atoms with Crippen LogP contribution in [-0.2, 0) is 4.79 Å². The zero-order chi connectivity index (χ0) is 17.5. The number of carbonyl (C=O) groups excluding carboxylic acids is 1. The van der Waals surface area contributed by atoms with Crippen LogP contribution in [0.5, 0.6) is 11.5 Å². The molecule has 0 bridgehead atoms. The number of rotatable bonds is 6. The van der Waals surface area contributed by atoms with E-state index in [0.717, 1.165) is 16.8 Å². The van der Waals surface area contributed by atoms with Crippen molar-refractivity contribution in [3.8, 4) is 17.6 Å². The number of amides is 1. The third-order valence-electron chi connectivity index (χ3n) is 3.39. The van der Waals surface area contributed by atoms with Crippen molar-refractivity contribution in [2.75, 3.05) is 18.5 Å². The first-order valence-corrected chi connectivity index (χ1v) is 7.70. The molecule has 0 heterocycles. The number of nitrogens with zero attached hydrogens (tertiary/aromatic N) is 1. The molecule has 0 saturated heterocycles. The first-order valence-electron chi connectivity index (χ1n) is 7.70. The Kier molecular flexibility index (Phi) is 5.80. The largest absolute Gasteiger partial charge is 0.490 e. The highest BCUT2D eigenvalue weighted by molar-refractivity contribution is 5.92. The van der Waals surface area contributed by atoms with Crippen molar-refractivity contribution in [1.82, 2.24) is 0 Å². The van der Waals surface area contributed by atoms with E-state index in [1.807, 2.05) is 45.0 Å². The Bertz CT molecular complexity index is 779. The summed E-state index contributed by atoms with van der Waals surface area (Å²) in [5, 5.41) is 11.8. The summed E-state index contributed by atoms with van der Waals surface area (Å²) in [7, 11) is 0. The van der Waals surface area contributed by atoms with Gasteiger partial charge in [0.25, 0.3) is 5.91 Å². The molecule has 1 N–H and O–H groups in total. The van der Waals surface area contributed by atoms with Gasteiger partial charge in [-0.15, -0.1) is 0 Å². The van der Waals surface area contributed by atoms with Gasteiger partial charge in [-0.25, -0.2) is 0 Å². The maximum Gasteiger partial charge on any atom is 0.262 e. The van der Waals surface area contributed by atoms with Gasteiger partial charge in [0, 0.05) is 11.8 Å². The molecule has 0 radical (unpaired) electrons. The standard InChI is InChI=1S/C19H20N2O3/c1-4-23-18-10-15(11-20)6-8-17(18)24-12-19(22)21-16-7-5-13(2)9-14(16)3/h5-10H,4,12H2,1-3H3,(H,21,22). The highest BCUT2D eigenvalue weighted by Gasteiger charge is 2.10. The van der Waals surface area contributed by atoms with Crippen LogP contribution in [0, 0.1) is 25.2 Å². The van der Waals surface area contributed by atoms with Crippen LogP contribution in [0.3, 0.4) is 0 Å². The molecule has 5 nitrogen and oxygen atoms in total. The number of aryl methyl sites for hydroxylation is 2. The van der Waals surface area contributed by atoms with Crippen molar-refractivity contribution in [2.24, 2.45) is 0 Å². The number of nitrogens with one attached hydrogen (secondary N) is 1. The summed E-state index contributed by atoms with van der Waals surface area (Å²) >= 11 is 0. The predicted molar refractivity (Wildman–Crippen MR) is 92.4 cm³/mol. The van der Waals surface area contributed by atoms with Gasteiger partial charge in [0.15, 0.2) is 18.1 Å². The Hall–Kier alpha value is -3.00. The monoisotopic (exact) mass is 324 g/mol. The van der Waals surface area contributed by atoms with Crippen molar-refractivity contribution < 1.29 is 14.3 Å². The number of benzene rings is 2. The summed E-state index contributed by atoms with van der Waals surface area (Å²) < 4.78 is 11.0. The summed E-state index contributed by atoms with van der Waals surface area (Å²) in [5.41, 5.74) is 3.38. The molecule has 24 heavy (non-hydrogen) atoms. The molecule has 5 heteroatoms. The third-order valence-corrected chi connectivity index (χ3v) is 3.39. The van der Waals surface area contributed by atoms with Crippen molar-refractivity contribution >= 4 is 11.6 Å². The Morgan fingerprint density at radius 1 is 1.12 bits per heavy atom. The van der Waals surface area contributed by atoms with Gasteiger partial charge in [0.1, 0.15) is 0 Å². The Balaban J connectivity index is 2.02. The topological polar surface area (TPSA) is 71.3 Å². The second-order valence-corrected chi connectivity index (χ2v) is 5.36. The summed E-state index contributed by atoms with van der Waals surface area (Å²) in [6, 6.07) is 12.7. The average Bonchev–Trinajstić information content (AvgIpc) is 2.56. The van der Waals surface area contributed by atoms with E-state index in [9.17, 15) is 4.79 Å². The molecule has 0 atom stereocenters. The molecule has 0 spiro atoms. The number of hydrogen-bond acceptors (Lipinski definition) is 4. The third kappa shape index (κ3) is 4.50. The van der Waals surface area contributed by atoms with E-state index < -0.39 is 0 Å². The fourth-order valence-corrected chi connectivity index (χ4v) is 2.25. The normalized spacial score (nSPS) is 9.92. The fourth-order valence-electron chi connectivity index (χ4n) is 2.25. The van der Waals surface area contributed by atoms with Crippen LogP contribution in [0.25, 0.3) is 0 Å². The minimum absolute atomic E-state index is 0.140. The van der Waals surface area contributed by atoms with Crippen molar-refractivity contribution in [3.05, 3.63) is 53.1 Å². The number of hydrogen-bond donors (Lipinski definition) is 1. The second-order valence-electron chi connectivity index (χ2n) is 5.36. The van der Waals surface area contributed by atoms with Crippen LogP contribution in [0.1, 0.15) is 23.6 Å². The van der Waals surface area contributed by atoms with Crippen LogP contribution in [0.4, 0.5) is 5.69 Å². The number of nitriles is 1. The molecule has 0 aliphatic rings. The molecular formula is C19H20N2O3. The molecule has 2 aromatic rings. The molecule has 0 unspecified atom stereocenters. The minimum atomic E-state index is -0.256. The van der Waals surface area contributed by atoms with Gasteiger partial charge in [-0.3, -0.25) is 4.79 Å². The molecule has 124 valence electrons. The predicted octanol–water partition coefficient (Wildman–Crippen LogP) is 3.59. The zero-order valence-corrected chi connectivity index (χ0v) is 14.1. The first-order chi connectivity index (χ1) is 11.5. The molecular weight excluding hydrogens is 304 g/mol. The molecule has 0 aliphatic heterocycles. The first kappa shape index (κ1) is 17.4. The van der Waals surface area contributed by atoms with E-state index in [4.69, 9.17) is 14.7 Å². The summed E-state index contributed by atoms with van der Waals surface area (Å²) in [6.45, 7) is 6.09. The lowest BCUT2D eigenvalue weighted by Crippen LogP contribution is -2.21. The Morgan fingerprint density at radius 2 is 1.92 bits per heavy atom. The van der Waals surface area contributed by atoms with Gasteiger partial charge < -0.3 is 14.8 Å². The number of ether oxygens (including phenoxy) is 2. The molecule has 2 rings (SSSR count). The smallest absolute Gasteiger partial charge is 0.262 e. The SMILES string of the molecule is CCOc1cc(C#N)ccc1OCC(=O)Nc1ccc(C)cc1C. The van der Waals surface area contributed by atoms with Crippen molar-refractivity contribution in [3.63, 3.8) is 0 Å². The summed E-state index contributed by atoms with van der Waals surface area (Å²) in [6.07, 6.45) is 0. The lowest BCUT2D eigenvalue weighted by atomic mass is 10.1. The zero-order valence-electron chi connectivity index (χ0n) is 14.1. The van der Waals surface area contributed by atoms with Gasteiger partial charge >= 0.3 is 0 Å². The average molecular weight is 324 g/mol. The second kappa shape index (κ2) is 8.02. The molecule has 0 saturated carbocycles. The molecule has 0 aromatic heterocycles. The van der Waals surface area contributed by atoms with Crippen LogP contribution in [0.15, 0.2) is 36.4 Å². The molecule has 2 aromatic carbocycles. The van der Waals surface area contributed by atoms with E-state index in [1.165, 1.54) is 0 Å². The number of carbonyl (C=O) groups is 1. The highest BCUT2D eigenvalue weighted by Crippen LogP contribution is 2.28. The van der Waals surface area contributed by atoms with Crippen LogP contribution >= 0.6 is 0 Å². The van der Waals surface area contributed by atoms with Gasteiger partial charge in [0.05, 0.1) is 18.2 Å². The lowest BCUT2D eigenvalue weighted by molar-refractivity contribution is -0.118. The van der Waals surface area contributed by atoms with Crippen LogP contribution in [0.2, 0.25) is 0 Å².